The molecule has 0 spiro atoms. The average Bonchev–Trinajstić information content (AvgIpc) is 3.60. The fourth-order valence-corrected chi connectivity index (χ4v) is 7.29. The third-order valence-electron chi connectivity index (χ3n) is 10.2. The summed E-state index contributed by atoms with van der Waals surface area (Å²) in [6, 6.07) is 16.6. The van der Waals surface area contributed by atoms with Gasteiger partial charge in [-0.2, -0.15) is 0 Å². The lowest BCUT2D eigenvalue weighted by Gasteiger charge is -2.26. The zero-order valence-corrected chi connectivity index (χ0v) is 25.4. The molecule has 2 aliphatic heterocycles. The van der Waals surface area contributed by atoms with Crippen molar-refractivity contribution in [2.45, 2.75) is 109 Å². The van der Waals surface area contributed by atoms with Crippen LogP contribution in [0.3, 0.4) is 0 Å². The maximum absolute atomic E-state index is 12.9. The van der Waals surface area contributed by atoms with Crippen LogP contribution < -0.4 is 0 Å². The molecule has 2 heterocycles. The smallest absolute Gasteiger partial charge is 0.338 e. The Morgan fingerprint density at radius 1 is 0.667 bits per heavy atom. The Morgan fingerprint density at radius 3 is 1.71 bits per heavy atom. The summed E-state index contributed by atoms with van der Waals surface area (Å²) in [5.41, 5.74) is 4.33. The molecule has 6 nitrogen and oxygen atoms in total. The van der Waals surface area contributed by atoms with Crippen molar-refractivity contribution < 1.29 is 28.8 Å². The predicted octanol–water partition coefficient (Wildman–Crippen LogP) is 7.26. The van der Waals surface area contributed by atoms with Crippen molar-refractivity contribution in [1.29, 1.82) is 0 Å². The van der Waals surface area contributed by atoms with Crippen LogP contribution >= 0.6 is 0 Å². The van der Waals surface area contributed by atoms with E-state index in [0.29, 0.717) is 25.4 Å². The Morgan fingerprint density at radius 2 is 1.14 bits per heavy atom. The number of fused-ring (bicyclic) bond motifs is 1. The highest BCUT2D eigenvalue weighted by Crippen LogP contribution is 2.33. The molecule has 2 saturated carbocycles. The van der Waals surface area contributed by atoms with Gasteiger partial charge in [-0.05, 0) is 91.0 Å². The summed E-state index contributed by atoms with van der Waals surface area (Å²) in [7, 11) is 0. The van der Waals surface area contributed by atoms with Gasteiger partial charge in [0.05, 0.1) is 18.8 Å². The van der Waals surface area contributed by atoms with E-state index in [1.54, 1.807) is 0 Å². The average molecular weight is 577 g/mol. The third-order valence-corrected chi connectivity index (χ3v) is 10.2. The van der Waals surface area contributed by atoms with Crippen LogP contribution in [0.1, 0.15) is 92.3 Å². The summed E-state index contributed by atoms with van der Waals surface area (Å²) in [5.74, 6) is 2.98. The Hall–Kier alpha value is -2.25. The van der Waals surface area contributed by atoms with E-state index >= 15 is 0 Å². The number of carbonyl (C=O) groups is 1. The van der Waals surface area contributed by atoms with Crippen molar-refractivity contribution in [2.24, 2.45) is 23.7 Å². The SMILES string of the molecule is CC1CCC(Cc2ccc(COO[C@H]3CO[C@H]4[C@@H]3OC[C@H]4OC(=O)c3ccc(CC4CCC(C)CC4)cc3)cc2)CC1. The Bertz CT molecular complexity index is 1130. The van der Waals surface area contributed by atoms with Gasteiger partial charge in [0.1, 0.15) is 24.9 Å². The van der Waals surface area contributed by atoms with Crippen molar-refractivity contribution in [2.75, 3.05) is 13.2 Å². The Kier molecular flexibility index (Phi) is 9.95. The highest BCUT2D eigenvalue weighted by Gasteiger charge is 2.50. The molecule has 2 aliphatic carbocycles. The second-order valence-corrected chi connectivity index (χ2v) is 13.6. The van der Waals surface area contributed by atoms with E-state index in [4.69, 9.17) is 24.0 Å². The van der Waals surface area contributed by atoms with Crippen LogP contribution in [0.2, 0.25) is 0 Å². The van der Waals surface area contributed by atoms with Crippen molar-refractivity contribution in [3.05, 3.63) is 70.8 Å². The maximum Gasteiger partial charge on any atom is 0.338 e. The van der Waals surface area contributed by atoms with Crippen molar-refractivity contribution in [3.63, 3.8) is 0 Å². The highest BCUT2D eigenvalue weighted by atomic mass is 17.2. The lowest BCUT2D eigenvalue weighted by molar-refractivity contribution is -0.341. The Labute approximate surface area is 251 Å². The van der Waals surface area contributed by atoms with Gasteiger partial charge in [-0.3, -0.25) is 0 Å². The first kappa shape index (κ1) is 29.8. The summed E-state index contributed by atoms with van der Waals surface area (Å²) in [6.07, 6.45) is 11.5. The van der Waals surface area contributed by atoms with Crippen LogP contribution in [-0.2, 0) is 43.4 Å². The fourth-order valence-electron chi connectivity index (χ4n) is 7.29. The normalized spacial score (nSPS) is 32.9. The molecule has 4 fully saturated rings. The fraction of sp³-hybridized carbons (Fsp3) is 0.639. The van der Waals surface area contributed by atoms with Gasteiger partial charge >= 0.3 is 5.97 Å². The third kappa shape index (κ3) is 7.63. The number of rotatable bonds is 10. The number of benzene rings is 2. The predicted molar refractivity (Wildman–Crippen MR) is 161 cm³/mol. The van der Waals surface area contributed by atoms with Gasteiger partial charge in [0.15, 0.2) is 6.10 Å². The van der Waals surface area contributed by atoms with Crippen LogP contribution in [-0.4, -0.2) is 43.6 Å². The number of carbonyl (C=O) groups excluding carboxylic acids is 1. The first-order valence-electron chi connectivity index (χ1n) is 16.4. The molecule has 4 atom stereocenters. The molecule has 0 N–H and O–H groups in total. The summed E-state index contributed by atoms with van der Waals surface area (Å²) in [5, 5.41) is 0. The van der Waals surface area contributed by atoms with Gasteiger partial charge in [-0.15, -0.1) is 0 Å². The van der Waals surface area contributed by atoms with E-state index in [9.17, 15) is 4.79 Å². The van der Waals surface area contributed by atoms with Gasteiger partial charge in [-0.1, -0.05) is 75.9 Å². The number of hydrogen-bond donors (Lipinski definition) is 0. The van der Waals surface area contributed by atoms with Gasteiger partial charge in [0.2, 0.25) is 0 Å². The minimum atomic E-state index is -0.458. The molecule has 0 bridgehead atoms. The van der Waals surface area contributed by atoms with E-state index < -0.39 is 6.10 Å². The molecule has 0 amide bonds. The highest BCUT2D eigenvalue weighted by molar-refractivity contribution is 5.89. The monoisotopic (exact) mass is 576 g/mol. The van der Waals surface area contributed by atoms with Crippen LogP contribution in [0.4, 0.5) is 0 Å². The van der Waals surface area contributed by atoms with E-state index in [1.165, 1.54) is 68.9 Å². The Balaban J connectivity index is 0.915. The maximum atomic E-state index is 12.9. The molecule has 228 valence electrons. The van der Waals surface area contributed by atoms with E-state index in [2.05, 4.69) is 50.2 Å². The zero-order valence-electron chi connectivity index (χ0n) is 25.4. The van der Waals surface area contributed by atoms with E-state index in [0.717, 1.165) is 35.7 Å². The van der Waals surface area contributed by atoms with Crippen LogP contribution in [0, 0.1) is 23.7 Å². The number of hydrogen-bond acceptors (Lipinski definition) is 6. The van der Waals surface area contributed by atoms with Crippen LogP contribution in [0.5, 0.6) is 0 Å². The topological polar surface area (TPSA) is 63.2 Å². The molecule has 6 rings (SSSR count). The second-order valence-electron chi connectivity index (χ2n) is 13.6. The quantitative estimate of drug-likeness (QED) is 0.168. The molecule has 6 heteroatoms. The molecule has 42 heavy (non-hydrogen) atoms. The lowest BCUT2D eigenvalue weighted by Crippen LogP contribution is -2.35. The van der Waals surface area contributed by atoms with E-state index in [-0.39, 0.29) is 24.3 Å². The largest absolute Gasteiger partial charge is 0.453 e. The first-order chi connectivity index (χ1) is 20.5. The van der Waals surface area contributed by atoms with Gasteiger partial charge < -0.3 is 14.2 Å². The summed E-state index contributed by atoms with van der Waals surface area (Å²) in [6.45, 7) is 5.72. The molecule has 2 aromatic rings. The molecule has 2 saturated heterocycles. The molecule has 0 radical (unpaired) electrons. The van der Waals surface area contributed by atoms with Crippen molar-refractivity contribution in [3.8, 4) is 0 Å². The van der Waals surface area contributed by atoms with Crippen molar-refractivity contribution in [1.82, 2.24) is 0 Å². The van der Waals surface area contributed by atoms with Crippen LogP contribution in [0.15, 0.2) is 48.5 Å². The van der Waals surface area contributed by atoms with Crippen LogP contribution in [0.25, 0.3) is 0 Å². The standard InChI is InChI=1S/C36H48O6/c1-24-3-7-26(8-4-24)19-28-11-13-30(14-12-28)21-40-42-33-23-39-34-32(22-38-35(33)34)41-36(37)31-17-15-29(16-18-31)20-27-9-5-25(2)6-10-27/h11-18,24-27,32-35H,3-10,19-23H2,1-2H3/t24?,25?,26?,27?,32-,33+,34-,35-/m1/s1. The summed E-state index contributed by atoms with van der Waals surface area (Å²) < 4.78 is 17.7. The van der Waals surface area contributed by atoms with Crippen molar-refractivity contribution >= 4 is 5.97 Å². The molecular formula is C36H48O6. The van der Waals surface area contributed by atoms with Gasteiger partial charge in [0, 0.05) is 0 Å². The number of esters is 1. The molecule has 0 unspecified atom stereocenters. The molecule has 4 aliphatic rings. The minimum Gasteiger partial charge on any atom is -0.453 e. The lowest BCUT2D eigenvalue weighted by atomic mass is 9.80. The molecule has 2 aromatic carbocycles. The van der Waals surface area contributed by atoms with Gasteiger partial charge in [0.25, 0.3) is 0 Å². The van der Waals surface area contributed by atoms with E-state index in [1.807, 2.05) is 12.1 Å². The second kappa shape index (κ2) is 14.0. The van der Waals surface area contributed by atoms with Gasteiger partial charge in [-0.25, -0.2) is 14.6 Å². The first-order valence-corrected chi connectivity index (χ1v) is 16.4. The minimum absolute atomic E-state index is 0.292. The zero-order chi connectivity index (χ0) is 28.9. The molecule has 0 aromatic heterocycles. The summed E-state index contributed by atoms with van der Waals surface area (Å²) >= 11 is 0. The summed E-state index contributed by atoms with van der Waals surface area (Å²) in [4.78, 5) is 24.2. The molecular weight excluding hydrogens is 528 g/mol. The number of ether oxygens (including phenoxy) is 3.